The first-order valence-electron chi connectivity index (χ1n) is 7.03. The first kappa shape index (κ1) is 13.6. The minimum Gasteiger partial charge on any atom is -0.295 e. The van der Waals surface area contributed by atoms with Crippen molar-refractivity contribution >= 4 is 5.78 Å². The van der Waals surface area contributed by atoms with E-state index >= 15 is 0 Å². The van der Waals surface area contributed by atoms with Crippen molar-refractivity contribution in [1.29, 1.82) is 0 Å². The van der Waals surface area contributed by atoms with E-state index in [0.29, 0.717) is 17.3 Å². The molecule has 0 aromatic heterocycles. The molecule has 100 valence electrons. The van der Waals surface area contributed by atoms with Crippen LogP contribution in [0.25, 0.3) is 0 Å². The lowest BCUT2D eigenvalue weighted by Crippen LogP contribution is -2.27. The molecule has 2 aliphatic carbocycles. The van der Waals surface area contributed by atoms with E-state index in [0.717, 1.165) is 12.0 Å². The van der Waals surface area contributed by atoms with Crippen molar-refractivity contribution in [2.24, 2.45) is 22.7 Å². The van der Waals surface area contributed by atoms with Crippen LogP contribution in [0.1, 0.15) is 54.9 Å². The van der Waals surface area contributed by atoms with Gasteiger partial charge in [0.25, 0.3) is 0 Å². The molecule has 1 fully saturated rings. The van der Waals surface area contributed by atoms with E-state index in [2.05, 4.69) is 47.6 Å². The molecule has 1 nitrogen and oxygen atoms in total. The predicted octanol–water partition coefficient (Wildman–Crippen LogP) is 4.54. The Kier molecular flexibility index (Phi) is 2.88. The van der Waals surface area contributed by atoms with E-state index in [4.69, 9.17) is 0 Å². The number of ketones is 1. The average molecular weight is 246 g/mol. The average Bonchev–Trinajstić information content (AvgIpc) is 2.37. The molecule has 0 saturated heterocycles. The summed E-state index contributed by atoms with van der Waals surface area (Å²) < 4.78 is 0. The fourth-order valence-electron chi connectivity index (χ4n) is 4.09. The smallest absolute Gasteiger partial charge is 0.159 e. The molecule has 0 amide bonds. The molecule has 2 unspecified atom stereocenters. The fourth-order valence-corrected chi connectivity index (χ4v) is 4.09. The molecule has 1 heteroatoms. The summed E-state index contributed by atoms with van der Waals surface area (Å²) in [4.78, 5) is 11.7. The van der Waals surface area contributed by atoms with Crippen molar-refractivity contribution in [3.63, 3.8) is 0 Å². The molecule has 0 N–H and O–H groups in total. The molecule has 0 bridgehead atoms. The number of carbonyl (C=O) groups is 1. The molecule has 0 aromatic carbocycles. The van der Waals surface area contributed by atoms with E-state index in [1.807, 2.05) is 0 Å². The number of Topliss-reactive ketones (excluding diaryl/α,β-unsaturated/α-hetero) is 1. The fraction of sp³-hybridized carbons (Fsp3) is 0.706. The molecule has 2 rings (SSSR count). The topological polar surface area (TPSA) is 17.1 Å². The van der Waals surface area contributed by atoms with Gasteiger partial charge in [-0.2, -0.15) is 0 Å². The molecule has 2 atom stereocenters. The van der Waals surface area contributed by atoms with Crippen molar-refractivity contribution < 1.29 is 4.79 Å². The minimum atomic E-state index is 0.204. The minimum absolute atomic E-state index is 0.204. The van der Waals surface area contributed by atoms with Crippen LogP contribution in [0, 0.1) is 22.7 Å². The predicted molar refractivity (Wildman–Crippen MR) is 76.3 cm³/mol. The third-order valence-corrected chi connectivity index (χ3v) is 5.87. The summed E-state index contributed by atoms with van der Waals surface area (Å²) >= 11 is 0. The van der Waals surface area contributed by atoms with Crippen LogP contribution < -0.4 is 0 Å². The van der Waals surface area contributed by atoms with Gasteiger partial charge in [0.15, 0.2) is 5.78 Å². The highest BCUT2D eigenvalue weighted by atomic mass is 16.1. The third-order valence-electron chi connectivity index (χ3n) is 5.87. The summed E-state index contributed by atoms with van der Waals surface area (Å²) in [6.45, 7) is 15.6. The van der Waals surface area contributed by atoms with Gasteiger partial charge in [-0.1, -0.05) is 51.8 Å². The van der Waals surface area contributed by atoms with E-state index in [1.54, 1.807) is 6.92 Å². The third kappa shape index (κ3) is 1.63. The standard InChI is InChI=1S/C17H26O/c1-10-8-14-15(9-13(10)11(2)18)17(6,7)12(3)16(14,4)5/h9,12,14H,8H2,1-7H3. The van der Waals surface area contributed by atoms with Gasteiger partial charge >= 0.3 is 0 Å². The Morgan fingerprint density at radius 3 is 2.33 bits per heavy atom. The Hall–Kier alpha value is -0.850. The Labute approximate surface area is 111 Å². The first-order chi connectivity index (χ1) is 8.10. The van der Waals surface area contributed by atoms with Gasteiger partial charge < -0.3 is 0 Å². The molecule has 0 aromatic rings. The molecule has 0 spiro atoms. The summed E-state index contributed by atoms with van der Waals surface area (Å²) in [6.07, 6.45) is 3.26. The molecule has 2 aliphatic rings. The van der Waals surface area contributed by atoms with E-state index in [9.17, 15) is 4.79 Å². The zero-order valence-electron chi connectivity index (χ0n) is 12.8. The molecular formula is C17H26O. The van der Waals surface area contributed by atoms with Crippen molar-refractivity contribution in [2.75, 3.05) is 0 Å². The van der Waals surface area contributed by atoms with Crippen molar-refractivity contribution in [3.8, 4) is 0 Å². The van der Waals surface area contributed by atoms with Crippen molar-refractivity contribution in [3.05, 3.63) is 22.8 Å². The number of fused-ring (bicyclic) bond motifs is 1. The van der Waals surface area contributed by atoms with Crippen LogP contribution in [-0.4, -0.2) is 5.78 Å². The lowest BCUT2D eigenvalue weighted by atomic mass is 9.70. The van der Waals surface area contributed by atoms with Gasteiger partial charge in [0, 0.05) is 5.57 Å². The SMILES string of the molecule is CC(=O)C1=C(C)CC2C(=C1)C(C)(C)C(C)C2(C)C. The highest BCUT2D eigenvalue weighted by Gasteiger charge is 2.54. The van der Waals surface area contributed by atoms with Gasteiger partial charge in [-0.15, -0.1) is 0 Å². The van der Waals surface area contributed by atoms with Gasteiger partial charge in [0.05, 0.1) is 0 Å². The molecular weight excluding hydrogens is 220 g/mol. The van der Waals surface area contributed by atoms with Crippen LogP contribution >= 0.6 is 0 Å². The van der Waals surface area contributed by atoms with E-state index < -0.39 is 0 Å². The zero-order chi connectivity index (χ0) is 13.9. The molecule has 0 aliphatic heterocycles. The Morgan fingerprint density at radius 2 is 1.83 bits per heavy atom. The monoisotopic (exact) mass is 246 g/mol. The van der Waals surface area contributed by atoms with E-state index in [-0.39, 0.29) is 11.2 Å². The van der Waals surface area contributed by atoms with Crippen LogP contribution in [0.2, 0.25) is 0 Å². The lowest BCUT2D eigenvalue weighted by Gasteiger charge is -2.34. The number of hydrogen-bond acceptors (Lipinski definition) is 1. The van der Waals surface area contributed by atoms with Gasteiger partial charge in [-0.3, -0.25) is 4.79 Å². The molecule has 0 heterocycles. The zero-order valence-corrected chi connectivity index (χ0v) is 12.8. The first-order valence-corrected chi connectivity index (χ1v) is 7.03. The lowest BCUT2D eigenvalue weighted by molar-refractivity contribution is -0.113. The number of carbonyl (C=O) groups excluding carboxylic acids is 1. The Balaban J connectivity index is 2.57. The Morgan fingerprint density at radius 1 is 1.28 bits per heavy atom. The van der Waals surface area contributed by atoms with Gasteiger partial charge in [0.1, 0.15) is 0 Å². The summed E-state index contributed by atoms with van der Waals surface area (Å²) in [7, 11) is 0. The summed E-state index contributed by atoms with van der Waals surface area (Å²) in [5, 5.41) is 0. The number of hydrogen-bond donors (Lipinski definition) is 0. The highest BCUT2D eigenvalue weighted by Crippen LogP contribution is 2.63. The second kappa shape index (κ2) is 3.82. The summed E-state index contributed by atoms with van der Waals surface area (Å²) in [5.41, 5.74) is 4.25. The van der Waals surface area contributed by atoms with Crippen LogP contribution in [0.4, 0.5) is 0 Å². The van der Waals surface area contributed by atoms with Crippen LogP contribution in [0.3, 0.4) is 0 Å². The number of rotatable bonds is 1. The maximum absolute atomic E-state index is 11.7. The molecule has 1 saturated carbocycles. The quantitative estimate of drug-likeness (QED) is 0.664. The van der Waals surface area contributed by atoms with Crippen LogP contribution in [-0.2, 0) is 4.79 Å². The van der Waals surface area contributed by atoms with Crippen LogP contribution in [0.15, 0.2) is 22.8 Å². The van der Waals surface area contributed by atoms with Gasteiger partial charge in [0.2, 0.25) is 0 Å². The van der Waals surface area contributed by atoms with Crippen molar-refractivity contribution in [2.45, 2.75) is 54.9 Å². The van der Waals surface area contributed by atoms with Crippen LogP contribution in [0.5, 0.6) is 0 Å². The summed E-state index contributed by atoms with van der Waals surface area (Å²) in [5.74, 6) is 1.46. The van der Waals surface area contributed by atoms with Crippen molar-refractivity contribution in [1.82, 2.24) is 0 Å². The summed E-state index contributed by atoms with van der Waals surface area (Å²) in [6, 6.07) is 0. The maximum atomic E-state index is 11.7. The number of allylic oxidation sites excluding steroid dienone is 4. The van der Waals surface area contributed by atoms with Gasteiger partial charge in [-0.05, 0) is 42.9 Å². The Bertz CT molecular complexity index is 460. The van der Waals surface area contributed by atoms with Gasteiger partial charge in [-0.25, -0.2) is 0 Å². The second-order valence-corrected chi connectivity index (χ2v) is 7.37. The second-order valence-electron chi connectivity index (χ2n) is 7.37. The maximum Gasteiger partial charge on any atom is 0.159 e. The largest absolute Gasteiger partial charge is 0.295 e. The highest BCUT2D eigenvalue weighted by molar-refractivity contribution is 5.97. The molecule has 18 heavy (non-hydrogen) atoms. The van der Waals surface area contributed by atoms with E-state index in [1.165, 1.54) is 11.1 Å². The molecule has 0 radical (unpaired) electrons. The normalized spacial score (nSPS) is 33.2.